The Kier molecular flexibility index (Phi) is 3.78. The maximum absolute atomic E-state index is 11.6. The average Bonchev–Trinajstić information content (AvgIpc) is 2.67. The number of rotatable bonds is 3. The van der Waals surface area contributed by atoms with Crippen molar-refractivity contribution in [3.63, 3.8) is 0 Å². The highest BCUT2D eigenvalue weighted by molar-refractivity contribution is 7.17. The summed E-state index contributed by atoms with van der Waals surface area (Å²) in [6.07, 6.45) is -0.509. The van der Waals surface area contributed by atoms with Crippen molar-refractivity contribution in [1.82, 2.24) is 10.3 Å². The van der Waals surface area contributed by atoms with Crippen molar-refractivity contribution in [2.24, 2.45) is 0 Å². The molecular weight excluding hydrogens is 250 g/mol. The van der Waals surface area contributed by atoms with E-state index >= 15 is 0 Å². The van der Waals surface area contributed by atoms with Gasteiger partial charge in [0.05, 0.1) is 5.69 Å². The lowest BCUT2D eigenvalue weighted by atomic mass is 10.2. The first-order valence-corrected chi connectivity index (χ1v) is 6.19. The van der Waals surface area contributed by atoms with Gasteiger partial charge in [-0.05, 0) is 12.5 Å². The number of nitrogens with zero attached hydrogens (tertiary/aromatic N) is 1. The third-order valence-electron chi connectivity index (χ3n) is 2.24. The average molecular weight is 263 g/mol. The highest BCUT2D eigenvalue weighted by Gasteiger charge is 2.11. The maximum Gasteiger partial charge on any atom is 0.413 e. The fourth-order valence-electron chi connectivity index (χ4n) is 1.39. The number of hydrogen-bond donors (Lipinski definition) is 2. The van der Waals surface area contributed by atoms with Gasteiger partial charge in [-0.15, -0.1) is 0 Å². The molecule has 2 aromatic rings. The Bertz CT molecular complexity index is 540. The number of amides is 1. The molecule has 2 rings (SSSR count). The van der Waals surface area contributed by atoms with Gasteiger partial charge in [0.1, 0.15) is 0 Å². The normalized spacial score (nSPS) is 10.1. The summed E-state index contributed by atoms with van der Waals surface area (Å²) < 4.78 is 5.11. The molecule has 1 amide bonds. The molecule has 0 aliphatic heterocycles. The zero-order valence-corrected chi connectivity index (χ0v) is 10.7. The summed E-state index contributed by atoms with van der Waals surface area (Å²) in [4.78, 5) is 15.5. The fraction of sp³-hybridized carbons (Fsp3) is 0.167. The molecule has 1 aromatic heterocycles. The molecule has 18 heavy (non-hydrogen) atoms. The van der Waals surface area contributed by atoms with Crippen molar-refractivity contribution in [2.45, 2.75) is 13.5 Å². The Morgan fingerprint density at radius 1 is 1.44 bits per heavy atom. The van der Waals surface area contributed by atoms with Gasteiger partial charge in [0.25, 0.3) is 0 Å². The van der Waals surface area contributed by atoms with Crippen LogP contribution >= 0.6 is 11.3 Å². The second-order valence-electron chi connectivity index (χ2n) is 3.65. The molecule has 0 atom stereocenters. The molecule has 1 aromatic carbocycles. The fourth-order valence-corrected chi connectivity index (χ4v) is 2.07. The molecule has 0 bridgehead atoms. The molecule has 0 aliphatic carbocycles. The van der Waals surface area contributed by atoms with E-state index in [1.807, 2.05) is 30.3 Å². The monoisotopic (exact) mass is 263 g/mol. The largest absolute Gasteiger partial charge is 0.413 e. The minimum Gasteiger partial charge on any atom is -0.397 e. The number of nitrogens with two attached hydrogens (primary N) is 1. The van der Waals surface area contributed by atoms with Gasteiger partial charge in [0.2, 0.25) is 5.06 Å². The summed E-state index contributed by atoms with van der Waals surface area (Å²) in [6.45, 7) is 2.17. The lowest BCUT2D eigenvalue weighted by molar-refractivity contribution is 0.201. The van der Waals surface area contributed by atoms with Crippen molar-refractivity contribution in [1.29, 1.82) is 0 Å². The summed E-state index contributed by atoms with van der Waals surface area (Å²) in [7, 11) is 0. The first kappa shape index (κ1) is 12.4. The molecule has 94 valence electrons. The van der Waals surface area contributed by atoms with Crippen LogP contribution in [-0.4, -0.2) is 11.1 Å². The number of aromatic nitrogens is 1. The molecule has 5 nitrogen and oxygen atoms in total. The van der Waals surface area contributed by atoms with Crippen LogP contribution in [0.1, 0.15) is 11.3 Å². The van der Waals surface area contributed by atoms with Gasteiger partial charge in [-0.2, -0.15) is 0 Å². The summed E-state index contributed by atoms with van der Waals surface area (Å²) in [5, 5.41) is 3.48. The minimum absolute atomic E-state index is 0.387. The smallest absolute Gasteiger partial charge is 0.397 e. The molecule has 1 heterocycles. The highest BCUT2D eigenvalue weighted by Crippen LogP contribution is 2.27. The van der Waals surface area contributed by atoms with E-state index in [0.717, 1.165) is 16.9 Å². The quantitative estimate of drug-likeness (QED) is 0.891. The van der Waals surface area contributed by atoms with Gasteiger partial charge in [-0.3, -0.25) is 0 Å². The zero-order chi connectivity index (χ0) is 13.0. The number of ether oxygens (including phenoxy) is 1. The van der Waals surface area contributed by atoms with Crippen molar-refractivity contribution < 1.29 is 9.53 Å². The van der Waals surface area contributed by atoms with E-state index in [9.17, 15) is 4.79 Å². The van der Waals surface area contributed by atoms with Gasteiger partial charge in [-0.25, -0.2) is 9.78 Å². The van der Waals surface area contributed by atoms with E-state index in [1.165, 1.54) is 0 Å². The molecule has 0 saturated heterocycles. The number of carbonyl (C=O) groups is 1. The van der Waals surface area contributed by atoms with Crippen LogP contribution in [0, 0.1) is 6.92 Å². The molecule has 6 heteroatoms. The van der Waals surface area contributed by atoms with Crippen LogP contribution in [-0.2, 0) is 6.54 Å². The van der Waals surface area contributed by atoms with Gasteiger partial charge >= 0.3 is 6.09 Å². The van der Waals surface area contributed by atoms with Crippen molar-refractivity contribution in [3.8, 4) is 5.06 Å². The Hall–Kier alpha value is -2.08. The Morgan fingerprint density at radius 2 is 2.17 bits per heavy atom. The number of hydrogen-bond acceptors (Lipinski definition) is 5. The number of anilines is 1. The van der Waals surface area contributed by atoms with Crippen LogP contribution in [0.4, 0.5) is 9.93 Å². The van der Waals surface area contributed by atoms with E-state index in [-0.39, 0.29) is 0 Å². The zero-order valence-electron chi connectivity index (χ0n) is 9.84. The number of carbonyl (C=O) groups excluding carboxylic acids is 1. The van der Waals surface area contributed by atoms with Crippen LogP contribution in [0.3, 0.4) is 0 Å². The molecule has 0 unspecified atom stereocenters. The van der Waals surface area contributed by atoms with Gasteiger partial charge in [-0.1, -0.05) is 41.7 Å². The summed E-state index contributed by atoms with van der Waals surface area (Å²) in [5.74, 6) is 0. The van der Waals surface area contributed by atoms with E-state index in [2.05, 4.69) is 10.3 Å². The Morgan fingerprint density at radius 3 is 2.78 bits per heavy atom. The molecule has 0 fully saturated rings. The van der Waals surface area contributed by atoms with Crippen molar-refractivity contribution >= 4 is 22.6 Å². The third-order valence-corrected chi connectivity index (χ3v) is 3.10. The number of aryl methyl sites for hydroxylation is 1. The number of thiazole rings is 1. The van der Waals surface area contributed by atoms with Crippen molar-refractivity contribution in [3.05, 3.63) is 41.6 Å². The second kappa shape index (κ2) is 5.50. The van der Waals surface area contributed by atoms with E-state index < -0.39 is 6.09 Å². The number of benzene rings is 1. The summed E-state index contributed by atoms with van der Waals surface area (Å²) in [6, 6.07) is 9.60. The molecule has 0 aliphatic rings. The van der Waals surface area contributed by atoms with Gasteiger partial charge in [0.15, 0.2) is 5.13 Å². The second-order valence-corrected chi connectivity index (χ2v) is 4.65. The number of nitrogen functional groups attached to an aromatic ring is 1. The molecule has 3 N–H and O–H groups in total. The molecule has 0 spiro atoms. The highest BCUT2D eigenvalue weighted by atomic mass is 32.1. The van der Waals surface area contributed by atoms with Crippen LogP contribution in [0.25, 0.3) is 0 Å². The topological polar surface area (TPSA) is 77.2 Å². The molecular formula is C12H13N3O2S. The first-order chi connectivity index (χ1) is 8.65. The van der Waals surface area contributed by atoms with Crippen LogP contribution < -0.4 is 15.8 Å². The first-order valence-electron chi connectivity index (χ1n) is 5.37. The van der Waals surface area contributed by atoms with Crippen LogP contribution in [0.15, 0.2) is 30.3 Å². The van der Waals surface area contributed by atoms with Crippen LogP contribution in [0.2, 0.25) is 0 Å². The summed E-state index contributed by atoms with van der Waals surface area (Å²) >= 11 is 1.15. The minimum atomic E-state index is -0.509. The van der Waals surface area contributed by atoms with Crippen molar-refractivity contribution in [2.75, 3.05) is 5.73 Å². The summed E-state index contributed by atoms with van der Waals surface area (Å²) in [5.41, 5.74) is 7.14. The molecule has 0 radical (unpaired) electrons. The van der Waals surface area contributed by atoms with Gasteiger partial charge < -0.3 is 15.8 Å². The van der Waals surface area contributed by atoms with E-state index in [1.54, 1.807) is 6.92 Å². The van der Waals surface area contributed by atoms with E-state index in [4.69, 9.17) is 10.5 Å². The number of nitrogens with one attached hydrogen (secondary N) is 1. The maximum atomic E-state index is 11.6. The van der Waals surface area contributed by atoms with E-state index in [0.29, 0.717) is 22.4 Å². The molecule has 0 saturated carbocycles. The predicted molar refractivity (Wildman–Crippen MR) is 70.6 cm³/mol. The lowest BCUT2D eigenvalue weighted by Gasteiger charge is -2.05. The van der Waals surface area contributed by atoms with Gasteiger partial charge in [0, 0.05) is 6.54 Å². The standard InChI is InChI=1S/C12H13N3O2S/c1-8-10(18-11(13)15-8)17-12(16)14-7-9-5-3-2-4-6-9/h2-6H,7H2,1H3,(H2,13,15)(H,14,16). The SMILES string of the molecule is Cc1nc(N)sc1OC(=O)NCc1ccccc1. The third kappa shape index (κ3) is 3.21. The predicted octanol–water partition coefficient (Wildman–Crippen LogP) is 2.32. The Labute approximate surface area is 109 Å². The Balaban J connectivity index is 1.88. The lowest BCUT2D eigenvalue weighted by Crippen LogP contribution is -2.26. The van der Waals surface area contributed by atoms with Crippen LogP contribution in [0.5, 0.6) is 5.06 Å².